The third-order valence-corrected chi connectivity index (χ3v) is 7.01. The molecule has 0 saturated carbocycles. The molecule has 1 aliphatic rings. The van der Waals surface area contributed by atoms with Gasteiger partial charge >= 0.3 is 0 Å². The van der Waals surface area contributed by atoms with Crippen molar-refractivity contribution in [2.75, 3.05) is 11.4 Å². The first-order chi connectivity index (χ1) is 16.1. The lowest BCUT2D eigenvalue weighted by atomic mass is 10.0. The quantitative estimate of drug-likeness (QED) is 0.456. The molecule has 1 aliphatic heterocycles. The van der Waals surface area contributed by atoms with E-state index in [1.54, 1.807) is 0 Å². The van der Waals surface area contributed by atoms with Crippen LogP contribution in [-0.4, -0.2) is 33.4 Å². The number of nitrogens with zero attached hydrogens (tertiary/aromatic N) is 3. The zero-order valence-corrected chi connectivity index (χ0v) is 19.2. The molecule has 1 fully saturated rings. The number of aromatic amines is 1. The molecule has 33 heavy (non-hydrogen) atoms. The van der Waals surface area contributed by atoms with Crippen molar-refractivity contribution in [3.8, 4) is 11.4 Å². The van der Waals surface area contributed by atoms with Gasteiger partial charge in [0.05, 0.1) is 0 Å². The lowest BCUT2D eigenvalue weighted by molar-refractivity contribution is -0.122. The summed E-state index contributed by atoms with van der Waals surface area (Å²) in [4.78, 5) is 40.6. The minimum atomic E-state index is -0.298. The normalized spacial score (nSPS) is 15.8. The van der Waals surface area contributed by atoms with Crippen LogP contribution in [0, 0.1) is 0 Å². The zero-order valence-electron chi connectivity index (χ0n) is 18.4. The van der Waals surface area contributed by atoms with E-state index in [2.05, 4.69) is 22.2 Å². The minimum absolute atomic E-state index is 0.0185. The van der Waals surface area contributed by atoms with Gasteiger partial charge in [-0.15, -0.1) is 0 Å². The molecular formula is C25H25N5O2S. The van der Waals surface area contributed by atoms with Crippen LogP contribution >= 0.6 is 11.3 Å². The summed E-state index contributed by atoms with van der Waals surface area (Å²) in [6.45, 7) is 3.30. The molecule has 2 aromatic heterocycles. The average molecular weight is 460 g/mol. The second-order valence-electron chi connectivity index (χ2n) is 8.13. The van der Waals surface area contributed by atoms with E-state index in [9.17, 15) is 9.59 Å². The Hall–Kier alpha value is -3.52. The smallest absolute Gasteiger partial charge is 0.278 e. The van der Waals surface area contributed by atoms with Gasteiger partial charge in [-0.1, -0.05) is 72.9 Å². The van der Waals surface area contributed by atoms with Crippen LogP contribution < -0.4 is 15.8 Å². The van der Waals surface area contributed by atoms with Crippen molar-refractivity contribution in [3.63, 3.8) is 0 Å². The summed E-state index contributed by atoms with van der Waals surface area (Å²) in [5.41, 5.74) is 3.18. The Morgan fingerprint density at radius 3 is 2.76 bits per heavy atom. The van der Waals surface area contributed by atoms with Gasteiger partial charge in [0.15, 0.2) is 15.5 Å². The number of carbonyl (C=O) groups is 1. The Morgan fingerprint density at radius 2 is 1.94 bits per heavy atom. The van der Waals surface area contributed by atoms with Gasteiger partial charge in [0.2, 0.25) is 5.91 Å². The second-order valence-corrected chi connectivity index (χ2v) is 9.09. The summed E-state index contributed by atoms with van der Waals surface area (Å²) < 4.78 is 0. The third-order valence-electron chi connectivity index (χ3n) is 6.02. The number of amides is 1. The second kappa shape index (κ2) is 9.15. The van der Waals surface area contributed by atoms with Gasteiger partial charge in [-0.25, -0.2) is 9.97 Å². The van der Waals surface area contributed by atoms with E-state index in [-0.39, 0.29) is 17.5 Å². The van der Waals surface area contributed by atoms with Crippen LogP contribution in [-0.2, 0) is 17.8 Å². The first-order valence-corrected chi connectivity index (χ1v) is 12.0. The Kier molecular flexibility index (Phi) is 5.92. The molecule has 2 N–H and O–H groups in total. The number of aryl methyl sites for hydroxylation is 1. The van der Waals surface area contributed by atoms with Gasteiger partial charge < -0.3 is 15.2 Å². The van der Waals surface area contributed by atoms with Crippen molar-refractivity contribution >= 4 is 32.7 Å². The van der Waals surface area contributed by atoms with Crippen LogP contribution in [0.15, 0.2) is 59.4 Å². The minimum Gasteiger partial charge on any atom is -0.350 e. The maximum atomic E-state index is 12.9. The summed E-state index contributed by atoms with van der Waals surface area (Å²) in [6.07, 6.45) is 2.51. The maximum Gasteiger partial charge on any atom is 0.278 e. The first kappa shape index (κ1) is 21.3. The topological polar surface area (TPSA) is 91.0 Å². The molecule has 3 heterocycles. The number of hydrogen-bond acceptors (Lipinski definition) is 6. The number of fused-ring (bicyclic) bond motifs is 1. The molecule has 1 atom stereocenters. The Bertz CT molecular complexity index is 1350. The predicted molar refractivity (Wildman–Crippen MR) is 132 cm³/mol. The Morgan fingerprint density at radius 1 is 1.15 bits per heavy atom. The number of rotatable bonds is 6. The van der Waals surface area contributed by atoms with Gasteiger partial charge in [-0.2, -0.15) is 0 Å². The van der Waals surface area contributed by atoms with E-state index in [4.69, 9.17) is 4.98 Å². The highest BCUT2D eigenvalue weighted by molar-refractivity contribution is 7.21. The van der Waals surface area contributed by atoms with Gasteiger partial charge in [0.25, 0.3) is 5.56 Å². The summed E-state index contributed by atoms with van der Waals surface area (Å²) >= 11 is 1.37. The van der Waals surface area contributed by atoms with Crippen LogP contribution in [0.3, 0.4) is 0 Å². The van der Waals surface area contributed by atoms with Crippen LogP contribution in [0.1, 0.15) is 30.9 Å². The number of anilines is 1. The SMILES string of the molecule is CCc1ccccc1-c1nc2sc(N3CCC[C@@H]3C(=O)NCc3ccccc3)nc2c(=O)[nH]1. The summed E-state index contributed by atoms with van der Waals surface area (Å²) in [7, 11) is 0. The first-order valence-electron chi connectivity index (χ1n) is 11.2. The number of aromatic nitrogens is 3. The fourth-order valence-electron chi connectivity index (χ4n) is 4.30. The molecule has 4 aromatic rings. The van der Waals surface area contributed by atoms with E-state index in [0.29, 0.717) is 27.8 Å². The molecule has 1 amide bonds. The van der Waals surface area contributed by atoms with Crippen LogP contribution in [0.2, 0.25) is 0 Å². The monoisotopic (exact) mass is 459 g/mol. The number of H-pyrrole nitrogens is 1. The lowest BCUT2D eigenvalue weighted by Crippen LogP contribution is -2.43. The molecule has 2 aromatic carbocycles. The van der Waals surface area contributed by atoms with Crippen LogP contribution in [0.25, 0.3) is 21.7 Å². The lowest BCUT2D eigenvalue weighted by Gasteiger charge is -2.23. The van der Waals surface area contributed by atoms with Crippen molar-refractivity contribution in [2.45, 2.75) is 38.8 Å². The molecule has 5 rings (SSSR count). The third kappa shape index (κ3) is 4.26. The molecule has 0 bridgehead atoms. The van der Waals surface area contributed by atoms with Crippen molar-refractivity contribution in [2.24, 2.45) is 0 Å². The number of benzene rings is 2. The van der Waals surface area contributed by atoms with Gasteiger partial charge in [0.1, 0.15) is 11.9 Å². The predicted octanol–water partition coefficient (Wildman–Crippen LogP) is 3.89. The molecule has 1 saturated heterocycles. The highest BCUT2D eigenvalue weighted by Crippen LogP contribution is 2.32. The highest BCUT2D eigenvalue weighted by Gasteiger charge is 2.33. The standard InChI is InChI=1S/C25H25N5O2S/c1-2-17-11-6-7-12-18(17)21-28-23(32)20-24(29-21)33-25(27-20)30-14-8-13-19(30)22(31)26-15-16-9-4-3-5-10-16/h3-7,9-12,19H,2,8,13-15H2,1H3,(H,26,31)(H,28,29,32)/t19-/m1/s1. The maximum absolute atomic E-state index is 12.9. The average Bonchev–Trinajstić information content (AvgIpc) is 3.50. The fourth-order valence-corrected chi connectivity index (χ4v) is 5.32. The molecule has 168 valence electrons. The molecule has 0 unspecified atom stereocenters. The van der Waals surface area contributed by atoms with Crippen molar-refractivity contribution in [1.29, 1.82) is 0 Å². The number of hydrogen-bond donors (Lipinski definition) is 2. The van der Waals surface area contributed by atoms with E-state index in [1.165, 1.54) is 11.3 Å². The van der Waals surface area contributed by atoms with E-state index < -0.39 is 0 Å². The number of nitrogens with one attached hydrogen (secondary N) is 2. The van der Waals surface area contributed by atoms with Crippen molar-refractivity contribution in [1.82, 2.24) is 20.3 Å². The van der Waals surface area contributed by atoms with E-state index in [1.807, 2.05) is 59.5 Å². The van der Waals surface area contributed by atoms with Crippen molar-refractivity contribution < 1.29 is 4.79 Å². The number of carbonyl (C=O) groups excluding carboxylic acids is 1. The van der Waals surface area contributed by atoms with Crippen LogP contribution in [0.5, 0.6) is 0 Å². The molecule has 0 spiro atoms. The summed E-state index contributed by atoms with van der Waals surface area (Å²) in [5, 5.41) is 3.71. The Labute approximate surface area is 195 Å². The largest absolute Gasteiger partial charge is 0.350 e. The van der Waals surface area contributed by atoms with E-state index in [0.717, 1.165) is 42.5 Å². The van der Waals surface area contributed by atoms with Gasteiger partial charge in [-0.3, -0.25) is 9.59 Å². The molecule has 8 heteroatoms. The molecule has 0 radical (unpaired) electrons. The van der Waals surface area contributed by atoms with Crippen LogP contribution in [0.4, 0.5) is 5.13 Å². The molecular weight excluding hydrogens is 434 g/mol. The summed E-state index contributed by atoms with van der Waals surface area (Å²) in [5.74, 6) is 0.536. The zero-order chi connectivity index (χ0) is 22.8. The Balaban J connectivity index is 1.41. The summed E-state index contributed by atoms with van der Waals surface area (Å²) in [6, 6.07) is 17.5. The van der Waals surface area contributed by atoms with E-state index >= 15 is 0 Å². The van der Waals surface area contributed by atoms with Gasteiger partial charge in [-0.05, 0) is 30.4 Å². The van der Waals surface area contributed by atoms with Crippen molar-refractivity contribution in [3.05, 3.63) is 76.1 Å². The fraction of sp³-hybridized carbons (Fsp3) is 0.280. The molecule has 0 aliphatic carbocycles. The highest BCUT2D eigenvalue weighted by atomic mass is 32.1. The van der Waals surface area contributed by atoms with Gasteiger partial charge in [0, 0.05) is 18.7 Å². The number of thiazole rings is 1. The molecule has 7 nitrogen and oxygen atoms in total.